The third-order valence-electron chi connectivity index (χ3n) is 3.05. The maximum atomic E-state index is 5.98. The Morgan fingerprint density at radius 1 is 1.27 bits per heavy atom. The smallest absolute Gasteiger partial charge is 0.262 e. The van der Waals surface area contributed by atoms with Crippen LogP contribution in [0.1, 0.15) is 5.69 Å². The summed E-state index contributed by atoms with van der Waals surface area (Å²) in [6.07, 6.45) is 1.65. The Hall–Kier alpha value is -2.45. The van der Waals surface area contributed by atoms with E-state index in [9.17, 15) is 0 Å². The second-order valence-corrected chi connectivity index (χ2v) is 6.34. The molecule has 7 nitrogen and oxygen atoms in total. The van der Waals surface area contributed by atoms with Gasteiger partial charge < -0.3 is 4.52 Å². The minimum Gasteiger partial charge on any atom is -0.333 e. The Bertz CT molecular complexity index is 936. The van der Waals surface area contributed by atoms with E-state index in [1.165, 1.54) is 11.3 Å². The number of hydrogen-bond donors (Lipinski definition) is 2. The van der Waals surface area contributed by atoms with E-state index in [1.54, 1.807) is 6.20 Å². The zero-order valence-electron chi connectivity index (χ0n) is 11.3. The van der Waals surface area contributed by atoms with Gasteiger partial charge >= 0.3 is 0 Å². The lowest BCUT2D eigenvalue weighted by molar-refractivity contribution is 0.432. The summed E-state index contributed by atoms with van der Waals surface area (Å²) in [5, 5.41) is 17.9. The lowest BCUT2D eigenvalue weighted by Gasteiger charge is -1.94. The minimum atomic E-state index is 0.379. The van der Waals surface area contributed by atoms with Gasteiger partial charge in [0.15, 0.2) is 0 Å². The third-order valence-corrected chi connectivity index (χ3v) is 4.30. The lowest BCUT2D eigenvalue weighted by Crippen LogP contribution is -1.82. The zero-order chi connectivity index (χ0) is 15.1. The van der Waals surface area contributed by atoms with E-state index in [1.807, 2.05) is 25.1 Å². The van der Waals surface area contributed by atoms with Crippen LogP contribution < -0.4 is 0 Å². The van der Waals surface area contributed by atoms with Gasteiger partial charge in [0.1, 0.15) is 5.69 Å². The monoisotopic (exact) mass is 332 g/mol. The van der Waals surface area contributed by atoms with Gasteiger partial charge in [-0.25, -0.2) is 0 Å². The average Bonchev–Trinajstić information content (AvgIpc) is 3.23. The van der Waals surface area contributed by atoms with E-state index < -0.39 is 0 Å². The maximum Gasteiger partial charge on any atom is 0.262 e. The van der Waals surface area contributed by atoms with Gasteiger partial charge in [-0.3, -0.25) is 10.2 Å². The molecule has 4 rings (SSSR count). The fourth-order valence-electron chi connectivity index (χ4n) is 2.05. The molecule has 4 aromatic rings. The van der Waals surface area contributed by atoms with Crippen LogP contribution in [0.3, 0.4) is 0 Å². The van der Waals surface area contributed by atoms with E-state index in [2.05, 4.69) is 30.5 Å². The standard InChI is InChI=1S/C13H9ClN6OS/c1-6-4-8(18-17-6)12-16-13(21-20-12)7-5-15-19-11(7)9-2-3-10(14)22-9/h2-5H,1H3,(H,15,19)(H,17,18). The molecule has 0 bridgehead atoms. The van der Waals surface area contributed by atoms with Gasteiger partial charge in [0.2, 0.25) is 5.82 Å². The molecule has 0 atom stereocenters. The van der Waals surface area contributed by atoms with Gasteiger partial charge in [-0.1, -0.05) is 16.8 Å². The highest BCUT2D eigenvalue weighted by molar-refractivity contribution is 7.19. The molecule has 110 valence electrons. The topological polar surface area (TPSA) is 96.3 Å². The van der Waals surface area contributed by atoms with Crippen molar-refractivity contribution in [3.8, 4) is 33.5 Å². The predicted octanol–water partition coefficient (Wildman–Crippen LogP) is 3.54. The summed E-state index contributed by atoms with van der Waals surface area (Å²) in [4.78, 5) is 5.33. The number of H-pyrrole nitrogens is 2. The van der Waals surface area contributed by atoms with Crippen molar-refractivity contribution in [1.29, 1.82) is 0 Å². The quantitative estimate of drug-likeness (QED) is 0.598. The second kappa shape index (κ2) is 5.08. The van der Waals surface area contributed by atoms with Crippen molar-refractivity contribution < 1.29 is 4.52 Å². The molecule has 4 heterocycles. The van der Waals surface area contributed by atoms with Crippen LogP contribution in [0.4, 0.5) is 0 Å². The molecule has 0 saturated heterocycles. The lowest BCUT2D eigenvalue weighted by atomic mass is 10.2. The number of nitrogens with zero attached hydrogens (tertiary/aromatic N) is 4. The highest BCUT2D eigenvalue weighted by atomic mass is 35.5. The van der Waals surface area contributed by atoms with Crippen LogP contribution in [0.2, 0.25) is 4.34 Å². The first kappa shape index (κ1) is 13.2. The number of aromatic nitrogens is 6. The normalized spacial score (nSPS) is 11.2. The van der Waals surface area contributed by atoms with Crippen molar-refractivity contribution in [2.45, 2.75) is 6.92 Å². The Labute approximate surface area is 133 Å². The Kier molecular flexibility index (Phi) is 3.05. The van der Waals surface area contributed by atoms with E-state index in [0.29, 0.717) is 21.7 Å². The van der Waals surface area contributed by atoms with Crippen LogP contribution in [0.25, 0.3) is 33.5 Å². The van der Waals surface area contributed by atoms with E-state index in [4.69, 9.17) is 16.1 Å². The summed E-state index contributed by atoms with van der Waals surface area (Å²) in [6.45, 7) is 1.91. The summed E-state index contributed by atoms with van der Waals surface area (Å²) in [5.41, 5.74) is 3.09. The number of rotatable bonds is 3. The number of hydrogen-bond acceptors (Lipinski definition) is 6. The van der Waals surface area contributed by atoms with Crippen LogP contribution in [-0.2, 0) is 0 Å². The molecular formula is C13H9ClN6OS. The fraction of sp³-hybridized carbons (Fsp3) is 0.0769. The maximum absolute atomic E-state index is 5.98. The molecule has 0 aliphatic carbocycles. The molecule has 2 N–H and O–H groups in total. The molecular weight excluding hydrogens is 324 g/mol. The first-order valence-corrected chi connectivity index (χ1v) is 7.55. The molecule has 0 aliphatic rings. The van der Waals surface area contributed by atoms with Crippen LogP contribution in [0.15, 0.2) is 28.9 Å². The molecule has 0 saturated carbocycles. The van der Waals surface area contributed by atoms with Crippen LogP contribution in [0.5, 0.6) is 0 Å². The Morgan fingerprint density at radius 3 is 2.91 bits per heavy atom. The largest absolute Gasteiger partial charge is 0.333 e. The number of aryl methyl sites for hydroxylation is 1. The van der Waals surface area contributed by atoms with Crippen molar-refractivity contribution in [1.82, 2.24) is 30.5 Å². The Balaban J connectivity index is 1.75. The molecule has 0 aliphatic heterocycles. The highest BCUT2D eigenvalue weighted by Gasteiger charge is 2.19. The van der Waals surface area contributed by atoms with E-state index in [-0.39, 0.29) is 0 Å². The molecule has 0 radical (unpaired) electrons. The van der Waals surface area contributed by atoms with Gasteiger partial charge in [0.05, 0.1) is 26.7 Å². The molecule has 0 amide bonds. The van der Waals surface area contributed by atoms with Crippen molar-refractivity contribution in [3.63, 3.8) is 0 Å². The van der Waals surface area contributed by atoms with Crippen molar-refractivity contribution in [3.05, 3.63) is 34.4 Å². The van der Waals surface area contributed by atoms with Crippen molar-refractivity contribution >= 4 is 22.9 Å². The molecule has 0 aromatic carbocycles. The Morgan fingerprint density at radius 2 is 2.18 bits per heavy atom. The first-order valence-electron chi connectivity index (χ1n) is 6.36. The average molecular weight is 333 g/mol. The van der Waals surface area contributed by atoms with Gasteiger partial charge in [-0.2, -0.15) is 15.2 Å². The highest BCUT2D eigenvalue weighted by Crippen LogP contribution is 2.35. The number of nitrogens with one attached hydrogen (secondary N) is 2. The van der Waals surface area contributed by atoms with Crippen LogP contribution in [0, 0.1) is 6.92 Å². The molecule has 0 spiro atoms. The van der Waals surface area contributed by atoms with Gasteiger partial charge in [-0.15, -0.1) is 11.3 Å². The molecule has 22 heavy (non-hydrogen) atoms. The summed E-state index contributed by atoms with van der Waals surface area (Å²) in [7, 11) is 0. The van der Waals surface area contributed by atoms with Gasteiger partial charge in [0.25, 0.3) is 5.89 Å². The number of aromatic amines is 2. The van der Waals surface area contributed by atoms with E-state index >= 15 is 0 Å². The summed E-state index contributed by atoms with van der Waals surface area (Å²) in [5.74, 6) is 0.805. The fourth-order valence-corrected chi connectivity index (χ4v) is 3.11. The first-order chi connectivity index (χ1) is 10.7. The number of thiophene rings is 1. The molecule has 0 unspecified atom stereocenters. The van der Waals surface area contributed by atoms with Gasteiger partial charge in [-0.05, 0) is 25.1 Å². The summed E-state index contributed by atoms with van der Waals surface area (Å²) >= 11 is 7.43. The van der Waals surface area contributed by atoms with Crippen molar-refractivity contribution in [2.75, 3.05) is 0 Å². The minimum absolute atomic E-state index is 0.379. The number of halogens is 1. The molecule has 4 aromatic heterocycles. The molecule has 0 fully saturated rings. The van der Waals surface area contributed by atoms with Crippen molar-refractivity contribution in [2.24, 2.45) is 0 Å². The second-order valence-electron chi connectivity index (χ2n) is 4.62. The van der Waals surface area contributed by atoms with Gasteiger partial charge in [0, 0.05) is 5.69 Å². The third kappa shape index (κ3) is 2.22. The van der Waals surface area contributed by atoms with Crippen LogP contribution in [-0.4, -0.2) is 30.5 Å². The predicted molar refractivity (Wildman–Crippen MR) is 82.5 cm³/mol. The summed E-state index contributed by atoms with van der Waals surface area (Å²) in [6, 6.07) is 5.60. The SMILES string of the molecule is Cc1cc(-c2noc(-c3cn[nH]c3-c3ccc(Cl)s3)n2)n[nH]1. The molecule has 9 heteroatoms. The van der Waals surface area contributed by atoms with E-state index in [0.717, 1.165) is 21.8 Å². The zero-order valence-corrected chi connectivity index (χ0v) is 12.9. The van der Waals surface area contributed by atoms with Crippen LogP contribution >= 0.6 is 22.9 Å². The summed E-state index contributed by atoms with van der Waals surface area (Å²) < 4.78 is 6.04.